The molecule has 23 heavy (non-hydrogen) atoms. The molecular weight excluding hydrogens is 571 g/mol. The van der Waals surface area contributed by atoms with Crippen molar-refractivity contribution < 1.29 is 9.47 Å². The van der Waals surface area contributed by atoms with Crippen LogP contribution in [0.15, 0.2) is 18.5 Å². The van der Waals surface area contributed by atoms with Crippen molar-refractivity contribution in [3.8, 4) is 11.5 Å². The molecule has 0 saturated heterocycles. The van der Waals surface area contributed by atoms with Crippen molar-refractivity contribution in [1.29, 1.82) is 0 Å². The van der Waals surface area contributed by atoms with E-state index in [0.29, 0.717) is 22.7 Å². The predicted molar refractivity (Wildman–Crippen MR) is 87.1 cm³/mol. The summed E-state index contributed by atoms with van der Waals surface area (Å²) in [6.07, 6.45) is 5.78. The number of nitrogens with zero attached hydrogens (tertiary/aromatic N) is 3. The number of aromatic nitrogens is 2. The van der Waals surface area contributed by atoms with Crippen LogP contribution in [0.5, 0.6) is 11.5 Å². The van der Waals surface area contributed by atoms with Crippen LogP contribution < -0.4 is 9.47 Å². The average molecular weight is 590 g/mol. The third kappa shape index (κ3) is 3.43. The second kappa shape index (κ2) is 7.11. The SMILES string of the molecule is C[N-]C1CCC(Oc2cc3c(Cl)ncnc3cc2OC)CC1.[Sg]. The van der Waals surface area contributed by atoms with Crippen LogP contribution in [0.2, 0.25) is 5.15 Å². The molecular formula is C16H19ClN3O2Sg-. The second-order valence-electron chi connectivity index (χ2n) is 5.49. The predicted octanol–water partition coefficient (Wildman–Crippen LogP) is 3.99. The van der Waals surface area contributed by atoms with Crippen LogP contribution in [0.25, 0.3) is 16.2 Å². The zero-order valence-corrected chi connectivity index (χ0v) is 20.7. The Kier molecular flexibility index (Phi) is 5.19. The Morgan fingerprint density at radius 1 is 1.13 bits per heavy atom. The molecule has 1 aromatic heterocycles. The second-order valence-corrected chi connectivity index (χ2v) is 5.85. The number of hydrogen-bond donors (Lipinski definition) is 0. The maximum absolute atomic E-state index is 6.15. The van der Waals surface area contributed by atoms with Gasteiger partial charge in [-0.15, -0.1) is 6.04 Å². The quantitative estimate of drug-likeness (QED) is 0.507. The maximum Gasteiger partial charge on any atom is 0.162 e. The number of benzene rings is 1. The molecule has 0 bridgehead atoms. The summed E-state index contributed by atoms with van der Waals surface area (Å²) in [5.41, 5.74) is 0.748. The summed E-state index contributed by atoms with van der Waals surface area (Å²) >= 11 is 6.15. The molecule has 0 aliphatic heterocycles. The van der Waals surface area contributed by atoms with Crippen molar-refractivity contribution in [1.82, 2.24) is 9.97 Å². The van der Waals surface area contributed by atoms with E-state index in [9.17, 15) is 0 Å². The Morgan fingerprint density at radius 2 is 1.87 bits per heavy atom. The van der Waals surface area contributed by atoms with Crippen LogP contribution in [-0.4, -0.2) is 36.3 Å². The summed E-state index contributed by atoms with van der Waals surface area (Å²) in [5, 5.41) is 5.56. The molecule has 1 aliphatic rings. The number of hydrogen-bond acceptors (Lipinski definition) is 4. The monoisotopic (exact) mass is 591 g/mol. The summed E-state index contributed by atoms with van der Waals surface area (Å²) in [6.45, 7) is 0. The van der Waals surface area contributed by atoms with Crippen molar-refractivity contribution in [2.24, 2.45) is 0 Å². The van der Waals surface area contributed by atoms with E-state index >= 15 is 0 Å². The fourth-order valence-corrected chi connectivity index (χ4v) is 3.08. The van der Waals surface area contributed by atoms with Crippen LogP contribution in [0.1, 0.15) is 25.7 Å². The van der Waals surface area contributed by atoms with Gasteiger partial charge in [-0.2, -0.15) is 7.05 Å². The smallest absolute Gasteiger partial charge is 0.162 e. The number of rotatable bonds is 4. The molecule has 0 atom stereocenters. The molecule has 0 radical (unpaired) electrons. The molecule has 1 aliphatic carbocycles. The standard InChI is InChI=1S/C16H19ClN3O2.Sg/c1-18-10-3-5-11(6-4-10)22-15-7-12-13(8-14(15)21-2)19-9-20-16(12)17;/h7-11H,3-6H2,1-2H3;/q-1;. The third-order valence-corrected chi connectivity index (χ3v) is 4.48. The molecule has 0 unspecified atom stereocenters. The Hall–Kier alpha value is -2.59. The average Bonchev–Trinajstić information content (AvgIpc) is 2.56. The molecule has 1 aromatic carbocycles. The van der Waals surface area contributed by atoms with Gasteiger partial charge in [0.05, 0.1) is 18.7 Å². The zero-order valence-electron chi connectivity index (χ0n) is 13.5. The summed E-state index contributed by atoms with van der Waals surface area (Å²) in [4.78, 5) is 8.23. The Morgan fingerprint density at radius 3 is 2.52 bits per heavy atom. The van der Waals surface area contributed by atoms with Crippen molar-refractivity contribution in [3.05, 3.63) is 28.9 Å². The Balaban J connectivity index is 0.00000192. The number of halogens is 1. The van der Waals surface area contributed by atoms with E-state index in [0.717, 1.165) is 36.6 Å². The van der Waals surface area contributed by atoms with Crippen molar-refractivity contribution >= 4 is 22.5 Å². The molecule has 7 heteroatoms. The fraction of sp³-hybridized carbons (Fsp3) is 0.500. The van der Waals surface area contributed by atoms with Gasteiger partial charge < -0.3 is 14.8 Å². The molecule has 1 saturated carbocycles. The van der Waals surface area contributed by atoms with Gasteiger partial charge in [-0.1, -0.05) is 24.4 Å². The van der Waals surface area contributed by atoms with Crippen LogP contribution >= 0.6 is 11.6 Å². The van der Waals surface area contributed by atoms with E-state index in [1.807, 2.05) is 19.2 Å². The van der Waals surface area contributed by atoms with Crippen LogP contribution in [-0.2, 0) is 0 Å². The van der Waals surface area contributed by atoms with E-state index in [1.165, 1.54) is 6.33 Å². The first kappa shape index (κ1) is 16.8. The van der Waals surface area contributed by atoms with Crippen molar-refractivity contribution in [2.45, 2.75) is 37.8 Å². The Labute approximate surface area is 135 Å². The van der Waals surface area contributed by atoms with Gasteiger partial charge in [-0.05, 0) is 18.9 Å². The molecule has 0 spiro atoms. The maximum atomic E-state index is 6.15. The Bertz CT molecular complexity index is 663. The van der Waals surface area contributed by atoms with Gasteiger partial charge in [-0.3, -0.25) is 0 Å². The minimum absolute atomic E-state index is 0. The van der Waals surface area contributed by atoms with E-state index in [-0.39, 0.29) is 6.10 Å². The molecule has 0 N–H and O–H groups in total. The van der Waals surface area contributed by atoms with Crippen LogP contribution in [0, 0.1) is 0 Å². The van der Waals surface area contributed by atoms with Crippen molar-refractivity contribution in [2.75, 3.05) is 14.2 Å². The van der Waals surface area contributed by atoms with E-state index in [1.54, 1.807) is 7.11 Å². The molecule has 1 heterocycles. The van der Waals surface area contributed by atoms with Crippen molar-refractivity contribution in [3.63, 3.8) is 0 Å². The van der Waals surface area contributed by atoms with Gasteiger partial charge in [-0.25, -0.2) is 9.97 Å². The van der Waals surface area contributed by atoms with Gasteiger partial charge >= 0.3 is 0 Å². The molecule has 1 fully saturated rings. The fourth-order valence-electron chi connectivity index (χ4n) is 2.89. The number of fused-ring (bicyclic) bond motifs is 1. The van der Waals surface area contributed by atoms with Gasteiger partial charge in [0.2, 0.25) is 0 Å². The summed E-state index contributed by atoms with van der Waals surface area (Å²) in [5.74, 6) is 1.37. The van der Waals surface area contributed by atoms with E-state index < -0.39 is 0 Å². The normalized spacial score (nSPS) is 20.8. The molecule has 120 valence electrons. The van der Waals surface area contributed by atoms with Gasteiger partial charge in [0.25, 0.3) is 0 Å². The molecule has 3 rings (SSSR count). The zero-order chi connectivity index (χ0) is 15.5. The number of methoxy groups -OCH3 is 1. The van der Waals surface area contributed by atoms with Crippen LogP contribution in [0.3, 0.4) is 0 Å². The van der Waals surface area contributed by atoms with E-state index in [2.05, 4.69) is 15.3 Å². The molecule has 5 nitrogen and oxygen atoms in total. The summed E-state index contributed by atoms with van der Waals surface area (Å²) < 4.78 is 11.6. The minimum Gasteiger partial charge on any atom is -0.662 e. The summed E-state index contributed by atoms with van der Waals surface area (Å²) in [6, 6.07) is 4.18. The molecule has 2 aromatic rings. The van der Waals surface area contributed by atoms with Crippen LogP contribution in [0.4, 0.5) is 0 Å². The first-order valence-corrected chi connectivity index (χ1v) is 7.83. The molecule has 0 amide bonds. The summed E-state index contributed by atoms with van der Waals surface area (Å²) in [7, 11) is 3.52. The number of ether oxygens (including phenoxy) is 2. The van der Waals surface area contributed by atoms with Gasteiger partial charge in [0, 0.05) is 11.5 Å². The third-order valence-electron chi connectivity index (χ3n) is 4.17. The largest absolute Gasteiger partial charge is 0.662 e. The topological polar surface area (TPSA) is 58.3 Å². The van der Waals surface area contributed by atoms with Gasteiger partial charge in [0.15, 0.2) is 11.5 Å². The minimum atomic E-state index is 0. The first-order valence-electron chi connectivity index (χ1n) is 7.45. The van der Waals surface area contributed by atoms with Gasteiger partial charge in [0.1, 0.15) is 11.5 Å². The van der Waals surface area contributed by atoms with E-state index in [4.69, 9.17) is 21.1 Å². The first-order chi connectivity index (χ1) is 10.7.